The van der Waals surface area contributed by atoms with Crippen LogP contribution >= 0.6 is 0 Å². The van der Waals surface area contributed by atoms with Crippen molar-refractivity contribution in [2.45, 2.75) is 102 Å². The molecule has 0 radical (unpaired) electrons. The van der Waals surface area contributed by atoms with Crippen molar-refractivity contribution in [3.05, 3.63) is 48.0 Å². The van der Waals surface area contributed by atoms with Gasteiger partial charge >= 0.3 is 12.2 Å². The van der Waals surface area contributed by atoms with E-state index >= 15 is 0 Å². The first kappa shape index (κ1) is 31.9. The fraction of sp³-hybridized carbons (Fsp3) is 0.688. The highest BCUT2D eigenvalue weighted by Crippen LogP contribution is 2.42. The fourth-order valence-corrected chi connectivity index (χ4v) is 6.74. The molecule has 4 rings (SSSR count). The fourth-order valence-electron chi connectivity index (χ4n) is 6.74. The molecule has 2 fully saturated rings. The van der Waals surface area contributed by atoms with Crippen molar-refractivity contribution < 1.29 is 24.9 Å². The number of piperidine rings is 1. The lowest BCUT2D eigenvalue weighted by Gasteiger charge is -2.37. The second kappa shape index (κ2) is 16.0. The van der Waals surface area contributed by atoms with Gasteiger partial charge in [0.1, 0.15) is 6.33 Å². The van der Waals surface area contributed by atoms with Crippen LogP contribution in [0.25, 0.3) is 0 Å². The molecule has 1 aromatic heterocycles. The molecule has 10 heteroatoms. The van der Waals surface area contributed by atoms with E-state index in [9.17, 15) is 14.7 Å². The molecule has 1 aliphatic carbocycles. The molecule has 1 atom stereocenters. The van der Waals surface area contributed by atoms with Crippen molar-refractivity contribution in [1.29, 1.82) is 0 Å². The Morgan fingerprint density at radius 3 is 2.12 bits per heavy atom. The summed E-state index contributed by atoms with van der Waals surface area (Å²) in [6.45, 7) is 4.22. The van der Waals surface area contributed by atoms with E-state index in [1.54, 1.807) is 0 Å². The van der Waals surface area contributed by atoms with Crippen LogP contribution in [0.4, 0.5) is 9.59 Å². The molecular weight excluding hydrogens is 534 g/mol. The summed E-state index contributed by atoms with van der Waals surface area (Å²) in [6.07, 6.45) is 13.9. The summed E-state index contributed by atoms with van der Waals surface area (Å²) in [7, 11) is 0. The van der Waals surface area contributed by atoms with Crippen LogP contribution in [0.15, 0.2) is 36.7 Å². The molecule has 2 amide bonds. The van der Waals surface area contributed by atoms with Gasteiger partial charge < -0.3 is 20.2 Å². The van der Waals surface area contributed by atoms with E-state index < -0.39 is 17.8 Å². The minimum atomic E-state index is -1.40. The largest absolute Gasteiger partial charge is 0.465 e. The van der Waals surface area contributed by atoms with Crippen molar-refractivity contribution in [2.75, 3.05) is 26.2 Å². The third-order valence-electron chi connectivity index (χ3n) is 9.26. The third kappa shape index (κ3) is 8.77. The number of aliphatic hydroxyl groups is 1. The number of carboxylic acid groups (broad SMARTS) is 2. The van der Waals surface area contributed by atoms with Gasteiger partial charge in [-0.25, -0.2) is 19.5 Å². The molecule has 232 valence electrons. The van der Waals surface area contributed by atoms with Crippen LogP contribution in [-0.2, 0) is 12.1 Å². The minimum absolute atomic E-state index is 0.0507. The molecule has 1 aromatic carbocycles. The average Bonchev–Trinajstić information content (AvgIpc) is 3.48. The molecule has 1 aliphatic heterocycles. The van der Waals surface area contributed by atoms with Crippen LogP contribution in [-0.4, -0.2) is 78.2 Å². The van der Waals surface area contributed by atoms with Gasteiger partial charge in [-0.15, -0.1) is 0 Å². The van der Waals surface area contributed by atoms with Crippen molar-refractivity contribution in [3.63, 3.8) is 0 Å². The Bertz CT molecular complexity index is 1080. The van der Waals surface area contributed by atoms with Gasteiger partial charge in [-0.1, -0.05) is 81.7 Å². The van der Waals surface area contributed by atoms with Crippen LogP contribution in [0, 0.1) is 11.8 Å². The first-order chi connectivity index (χ1) is 20.4. The SMILES string of the molecule is O=C(O)N(CCCCCCCCCN1CCC(Cn2cnc(C(O)(c3ccccc3)C3CCCCC3)n2)CC1)C(=O)O. The molecule has 0 bridgehead atoms. The summed E-state index contributed by atoms with van der Waals surface area (Å²) in [6, 6.07) is 9.97. The molecule has 2 aliphatic rings. The van der Waals surface area contributed by atoms with Crippen molar-refractivity contribution >= 4 is 12.2 Å². The smallest absolute Gasteiger partial charge is 0.416 e. The number of carbonyl (C=O) groups is 2. The lowest BCUT2D eigenvalue weighted by Crippen LogP contribution is -2.39. The first-order valence-corrected chi connectivity index (χ1v) is 16.0. The number of rotatable bonds is 15. The molecule has 1 saturated heterocycles. The number of hydrogen-bond donors (Lipinski definition) is 3. The van der Waals surface area contributed by atoms with Crippen LogP contribution in [0.2, 0.25) is 0 Å². The summed E-state index contributed by atoms with van der Waals surface area (Å²) in [5.74, 6) is 1.25. The van der Waals surface area contributed by atoms with Gasteiger partial charge in [0.25, 0.3) is 0 Å². The topological polar surface area (TPSA) is 132 Å². The van der Waals surface area contributed by atoms with Gasteiger partial charge in [-0.2, -0.15) is 5.10 Å². The van der Waals surface area contributed by atoms with Crippen LogP contribution in [0.5, 0.6) is 0 Å². The number of imide groups is 1. The first-order valence-electron chi connectivity index (χ1n) is 16.0. The number of unbranched alkanes of at least 4 members (excludes halogenated alkanes) is 6. The normalized spacial score (nSPS) is 18.5. The zero-order valence-electron chi connectivity index (χ0n) is 24.9. The maximum absolute atomic E-state index is 12.1. The zero-order chi connectivity index (χ0) is 29.8. The quantitative estimate of drug-likeness (QED) is 0.211. The third-order valence-corrected chi connectivity index (χ3v) is 9.26. The second-order valence-corrected chi connectivity index (χ2v) is 12.2. The molecule has 10 nitrogen and oxygen atoms in total. The monoisotopic (exact) mass is 583 g/mol. The number of amides is 2. The Morgan fingerprint density at radius 1 is 0.857 bits per heavy atom. The van der Waals surface area contributed by atoms with E-state index in [0.29, 0.717) is 23.1 Å². The Kier molecular flexibility index (Phi) is 12.2. The van der Waals surface area contributed by atoms with Gasteiger partial charge in [0, 0.05) is 13.1 Å². The molecule has 1 saturated carbocycles. The summed E-state index contributed by atoms with van der Waals surface area (Å²) in [4.78, 5) is 29.4. The van der Waals surface area contributed by atoms with E-state index in [0.717, 1.165) is 96.0 Å². The Balaban J connectivity index is 1.13. The van der Waals surface area contributed by atoms with Crippen molar-refractivity contribution in [3.8, 4) is 0 Å². The lowest BCUT2D eigenvalue weighted by atomic mass is 9.73. The van der Waals surface area contributed by atoms with E-state index in [1.165, 1.54) is 19.3 Å². The maximum atomic E-state index is 12.1. The Labute approximate surface area is 249 Å². The van der Waals surface area contributed by atoms with Gasteiger partial charge in [-0.3, -0.25) is 4.68 Å². The number of nitrogens with zero attached hydrogens (tertiary/aromatic N) is 5. The average molecular weight is 584 g/mol. The minimum Gasteiger partial charge on any atom is -0.465 e. The maximum Gasteiger partial charge on any atom is 0.416 e. The number of hydrogen-bond acceptors (Lipinski definition) is 6. The van der Waals surface area contributed by atoms with Crippen molar-refractivity contribution in [1.82, 2.24) is 24.6 Å². The highest BCUT2D eigenvalue weighted by atomic mass is 16.4. The number of likely N-dealkylation sites (tertiary alicyclic amines) is 1. The Morgan fingerprint density at radius 2 is 1.48 bits per heavy atom. The summed E-state index contributed by atoms with van der Waals surface area (Å²) < 4.78 is 1.95. The highest BCUT2D eigenvalue weighted by molar-refractivity contribution is 5.85. The second-order valence-electron chi connectivity index (χ2n) is 12.2. The van der Waals surface area contributed by atoms with E-state index in [4.69, 9.17) is 15.3 Å². The standard InChI is InChI=1S/C32H49N5O5/c38-30(39)37(31(40)41)21-13-5-3-1-2-4-12-20-35-22-18-26(19-23-35)24-36-25-33-29(34-36)32(42,27-14-8-6-9-15-27)28-16-10-7-11-17-28/h6,8-9,14-15,25-26,28,42H,1-5,7,10-13,16-24H2,(H,38,39)(H,40,41). The van der Waals surface area contributed by atoms with Gasteiger partial charge in [-0.05, 0) is 75.6 Å². The molecular formula is C32H49N5O5. The molecule has 3 N–H and O–H groups in total. The van der Waals surface area contributed by atoms with Gasteiger partial charge in [0.15, 0.2) is 11.4 Å². The Hall–Kier alpha value is -2.98. The predicted molar refractivity (Wildman–Crippen MR) is 160 cm³/mol. The number of aromatic nitrogens is 3. The molecule has 2 aromatic rings. The summed E-state index contributed by atoms with van der Waals surface area (Å²) in [5.41, 5.74) is -0.246. The lowest BCUT2D eigenvalue weighted by molar-refractivity contribution is -0.00865. The summed E-state index contributed by atoms with van der Waals surface area (Å²) in [5, 5.41) is 34.7. The van der Waals surface area contributed by atoms with Crippen LogP contribution < -0.4 is 0 Å². The molecule has 1 unspecified atom stereocenters. The molecule has 42 heavy (non-hydrogen) atoms. The number of benzene rings is 1. The van der Waals surface area contributed by atoms with E-state index in [1.807, 2.05) is 41.3 Å². The molecule has 0 spiro atoms. The van der Waals surface area contributed by atoms with Crippen molar-refractivity contribution in [2.24, 2.45) is 11.8 Å². The summed E-state index contributed by atoms with van der Waals surface area (Å²) >= 11 is 0. The molecule has 2 heterocycles. The van der Waals surface area contributed by atoms with Crippen LogP contribution in [0.3, 0.4) is 0 Å². The van der Waals surface area contributed by atoms with Crippen LogP contribution in [0.1, 0.15) is 101 Å². The van der Waals surface area contributed by atoms with Gasteiger partial charge in [0.2, 0.25) is 0 Å². The zero-order valence-corrected chi connectivity index (χ0v) is 24.9. The van der Waals surface area contributed by atoms with Gasteiger partial charge in [0.05, 0.1) is 0 Å². The van der Waals surface area contributed by atoms with E-state index in [-0.39, 0.29) is 12.5 Å². The van der Waals surface area contributed by atoms with E-state index in [2.05, 4.69) is 9.88 Å². The predicted octanol–water partition coefficient (Wildman–Crippen LogP) is 6.20. The highest BCUT2D eigenvalue weighted by Gasteiger charge is 2.43.